The van der Waals surface area contributed by atoms with E-state index in [1.165, 1.54) is 11.8 Å². The Hall–Kier alpha value is -3.00. The van der Waals surface area contributed by atoms with Crippen LogP contribution in [0.2, 0.25) is 0 Å². The fourth-order valence-electron chi connectivity index (χ4n) is 3.13. The van der Waals surface area contributed by atoms with Gasteiger partial charge in [0.05, 0.1) is 29.6 Å². The van der Waals surface area contributed by atoms with Gasteiger partial charge in [0.2, 0.25) is 11.7 Å². The number of anilines is 1. The van der Waals surface area contributed by atoms with Gasteiger partial charge in [-0.2, -0.15) is 0 Å². The van der Waals surface area contributed by atoms with E-state index in [-0.39, 0.29) is 17.1 Å². The number of para-hydroxylation sites is 2. The first-order valence-electron chi connectivity index (χ1n) is 9.29. The molecule has 0 bridgehead atoms. The van der Waals surface area contributed by atoms with Gasteiger partial charge >= 0.3 is 0 Å². The number of nitrogens with zero attached hydrogens (tertiary/aromatic N) is 3. The third-order valence-corrected chi connectivity index (χ3v) is 5.61. The Morgan fingerprint density at radius 2 is 2.03 bits per heavy atom. The van der Waals surface area contributed by atoms with Crippen molar-refractivity contribution in [1.29, 1.82) is 0 Å². The minimum Gasteiger partial charge on any atom is -0.495 e. The van der Waals surface area contributed by atoms with E-state index in [0.717, 1.165) is 16.6 Å². The number of rotatable bonds is 5. The highest BCUT2D eigenvalue weighted by molar-refractivity contribution is 7.99. The quantitative estimate of drug-likeness (QED) is 0.482. The highest BCUT2D eigenvalue weighted by Gasteiger charge is 2.18. The number of carbonyl (C=O) groups excluding carboxylic acids is 1. The number of fused-ring (bicyclic) bond motifs is 3. The average molecular weight is 410 g/mol. The standard InChI is InChI=1S/C21H23N5O2S/c1-21(2,3)13-9-10-17(28-4)15(11-13)22-18(27)12-29-20-25-24-19-23-14-7-5-6-8-16(14)26(19)20/h5-11H,12H2,1-4H3,(H,22,27)(H,23,24). The summed E-state index contributed by atoms with van der Waals surface area (Å²) in [6.07, 6.45) is 0. The van der Waals surface area contributed by atoms with Crippen molar-refractivity contribution < 1.29 is 9.53 Å². The van der Waals surface area contributed by atoms with Gasteiger partial charge < -0.3 is 10.1 Å². The predicted molar refractivity (Wildman–Crippen MR) is 116 cm³/mol. The first-order chi connectivity index (χ1) is 13.9. The molecule has 0 atom stereocenters. The summed E-state index contributed by atoms with van der Waals surface area (Å²) in [6, 6.07) is 13.7. The van der Waals surface area contributed by atoms with Crippen LogP contribution in [-0.2, 0) is 10.2 Å². The normalized spacial score (nSPS) is 11.9. The summed E-state index contributed by atoms with van der Waals surface area (Å²) in [6.45, 7) is 6.40. The van der Waals surface area contributed by atoms with E-state index in [2.05, 4.69) is 41.3 Å². The second-order valence-corrected chi connectivity index (χ2v) is 8.71. The highest BCUT2D eigenvalue weighted by Crippen LogP contribution is 2.31. The lowest BCUT2D eigenvalue weighted by atomic mass is 9.87. The molecule has 0 saturated carbocycles. The Kier molecular flexibility index (Phi) is 4.96. The fourth-order valence-corrected chi connectivity index (χ4v) is 3.88. The zero-order chi connectivity index (χ0) is 20.6. The lowest BCUT2D eigenvalue weighted by molar-refractivity contribution is -0.113. The van der Waals surface area contributed by atoms with Gasteiger partial charge in [-0.3, -0.25) is 9.20 Å². The van der Waals surface area contributed by atoms with Gasteiger partial charge in [0.15, 0.2) is 5.16 Å². The maximum absolute atomic E-state index is 12.6. The molecule has 4 aromatic rings. The Balaban J connectivity index is 1.52. The van der Waals surface area contributed by atoms with Crippen LogP contribution >= 0.6 is 11.8 Å². The highest BCUT2D eigenvalue weighted by atomic mass is 32.2. The van der Waals surface area contributed by atoms with E-state index in [9.17, 15) is 4.79 Å². The molecule has 0 spiro atoms. The second-order valence-electron chi connectivity index (χ2n) is 7.77. The Bertz CT molecular complexity index is 1190. The minimum absolute atomic E-state index is 0.0242. The number of carbonyl (C=O) groups is 1. The molecule has 0 saturated heterocycles. The number of hydrogen-bond donors (Lipinski definition) is 2. The molecule has 0 aliphatic rings. The molecule has 2 aromatic heterocycles. The van der Waals surface area contributed by atoms with E-state index >= 15 is 0 Å². The van der Waals surface area contributed by atoms with Crippen molar-refractivity contribution in [2.24, 2.45) is 0 Å². The van der Waals surface area contributed by atoms with Gasteiger partial charge in [-0.1, -0.05) is 50.7 Å². The largest absolute Gasteiger partial charge is 0.495 e. The number of imidazole rings is 1. The summed E-state index contributed by atoms with van der Waals surface area (Å²) < 4.78 is 7.33. The molecule has 0 fully saturated rings. The summed E-state index contributed by atoms with van der Waals surface area (Å²) in [5.74, 6) is 1.39. The van der Waals surface area contributed by atoms with Gasteiger partial charge in [0.25, 0.3) is 0 Å². The van der Waals surface area contributed by atoms with E-state index in [4.69, 9.17) is 4.74 Å². The Labute approximate surface area is 172 Å². The summed E-state index contributed by atoms with van der Waals surface area (Å²) in [7, 11) is 1.60. The number of amides is 1. The first-order valence-corrected chi connectivity index (χ1v) is 10.3. The van der Waals surface area contributed by atoms with E-state index in [0.29, 0.717) is 22.4 Å². The summed E-state index contributed by atoms with van der Waals surface area (Å²) in [4.78, 5) is 17.1. The number of nitrogens with one attached hydrogen (secondary N) is 2. The molecule has 0 radical (unpaired) electrons. The molecule has 29 heavy (non-hydrogen) atoms. The fraction of sp³-hybridized carbons (Fsp3) is 0.286. The Morgan fingerprint density at radius 1 is 1.24 bits per heavy atom. The lowest BCUT2D eigenvalue weighted by Crippen LogP contribution is -2.17. The molecule has 150 valence electrons. The molecule has 2 heterocycles. The molecule has 4 rings (SSSR count). The van der Waals surface area contributed by atoms with Crippen molar-refractivity contribution in [3.05, 3.63) is 48.0 Å². The number of ether oxygens (including phenoxy) is 1. The van der Waals surface area contributed by atoms with Crippen molar-refractivity contribution >= 4 is 40.2 Å². The number of methoxy groups -OCH3 is 1. The maximum Gasteiger partial charge on any atom is 0.234 e. The topological polar surface area (TPSA) is 84.3 Å². The van der Waals surface area contributed by atoms with Crippen molar-refractivity contribution in [2.45, 2.75) is 31.3 Å². The summed E-state index contributed by atoms with van der Waals surface area (Å²) in [5.41, 5.74) is 3.62. The summed E-state index contributed by atoms with van der Waals surface area (Å²) >= 11 is 1.35. The minimum atomic E-state index is -0.125. The van der Waals surface area contributed by atoms with E-state index < -0.39 is 0 Å². The van der Waals surface area contributed by atoms with Gasteiger partial charge in [-0.25, -0.2) is 10.1 Å². The SMILES string of the molecule is COc1ccc(C(C)(C)C)cc1NC(=O)CSc1n[nH]c2nc3ccccc3n12. The number of aromatic amines is 1. The first kappa shape index (κ1) is 19.3. The molecule has 1 amide bonds. The average Bonchev–Trinajstić information content (AvgIpc) is 3.25. The zero-order valence-corrected chi connectivity index (χ0v) is 17.6. The van der Waals surface area contributed by atoms with Crippen LogP contribution in [0.5, 0.6) is 5.75 Å². The summed E-state index contributed by atoms with van der Waals surface area (Å²) in [5, 5.41) is 10.9. The number of aromatic nitrogens is 4. The molecule has 2 N–H and O–H groups in total. The van der Waals surface area contributed by atoms with Crippen LogP contribution in [0, 0.1) is 0 Å². The van der Waals surface area contributed by atoms with Crippen LogP contribution < -0.4 is 10.1 Å². The molecular formula is C21H23N5O2S. The number of H-pyrrole nitrogens is 1. The predicted octanol–water partition coefficient (Wildman–Crippen LogP) is 4.25. The van der Waals surface area contributed by atoms with Crippen molar-refractivity contribution in [2.75, 3.05) is 18.2 Å². The Morgan fingerprint density at radius 3 is 2.79 bits per heavy atom. The van der Waals surface area contributed by atoms with Crippen LogP contribution in [0.3, 0.4) is 0 Å². The monoisotopic (exact) mass is 409 g/mol. The molecule has 8 heteroatoms. The van der Waals surface area contributed by atoms with Gasteiger partial charge in [0.1, 0.15) is 5.75 Å². The number of thioether (sulfide) groups is 1. The third kappa shape index (κ3) is 3.80. The van der Waals surface area contributed by atoms with Crippen LogP contribution in [0.1, 0.15) is 26.3 Å². The van der Waals surface area contributed by atoms with Crippen LogP contribution in [0.25, 0.3) is 16.8 Å². The number of hydrogen-bond acceptors (Lipinski definition) is 5. The van der Waals surface area contributed by atoms with Crippen molar-refractivity contribution in [3.63, 3.8) is 0 Å². The van der Waals surface area contributed by atoms with E-state index in [1.807, 2.05) is 46.9 Å². The van der Waals surface area contributed by atoms with Crippen molar-refractivity contribution in [3.8, 4) is 5.75 Å². The van der Waals surface area contributed by atoms with Crippen LogP contribution in [-0.4, -0.2) is 38.4 Å². The molecule has 0 aliphatic carbocycles. The van der Waals surface area contributed by atoms with Gasteiger partial charge in [0, 0.05) is 0 Å². The molecule has 0 unspecified atom stereocenters. The third-order valence-electron chi connectivity index (χ3n) is 4.68. The smallest absolute Gasteiger partial charge is 0.234 e. The van der Waals surface area contributed by atoms with Crippen LogP contribution in [0.15, 0.2) is 47.6 Å². The van der Waals surface area contributed by atoms with E-state index in [1.54, 1.807) is 7.11 Å². The number of benzene rings is 2. The maximum atomic E-state index is 12.6. The second kappa shape index (κ2) is 7.44. The molecule has 7 nitrogen and oxygen atoms in total. The molecule has 0 aliphatic heterocycles. The molecular weight excluding hydrogens is 386 g/mol. The van der Waals surface area contributed by atoms with Crippen LogP contribution in [0.4, 0.5) is 5.69 Å². The van der Waals surface area contributed by atoms with Crippen molar-refractivity contribution in [1.82, 2.24) is 19.6 Å². The molecule has 2 aromatic carbocycles. The van der Waals surface area contributed by atoms with Gasteiger partial charge in [-0.05, 0) is 35.2 Å². The van der Waals surface area contributed by atoms with Gasteiger partial charge in [-0.15, -0.1) is 5.10 Å². The lowest BCUT2D eigenvalue weighted by Gasteiger charge is -2.21. The zero-order valence-electron chi connectivity index (χ0n) is 16.8.